The van der Waals surface area contributed by atoms with Crippen LogP contribution in [0.3, 0.4) is 0 Å². The second-order valence-corrected chi connectivity index (χ2v) is 7.36. The van der Waals surface area contributed by atoms with Crippen molar-refractivity contribution >= 4 is 16.7 Å². The van der Waals surface area contributed by atoms with E-state index in [2.05, 4.69) is 55.6 Å². The second-order valence-electron chi connectivity index (χ2n) is 7.36. The molecule has 0 radical (unpaired) electrons. The smallest absolute Gasteiger partial charge is 0.261 e. The van der Waals surface area contributed by atoms with E-state index in [-0.39, 0.29) is 5.91 Å². The van der Waals surface area contributed by atoms with Gasteiger partial charge in [-0.1, -0.05) is 62.4 Å². The monoisotopic (exact) mass is 361 g/mol. The largest absolute Gasteiger partial charge is 0.481 e. The summed E-state index contributed by atoms with van der Waals surface area (Å²) in [6.07, 6.45) is -0.551. The zero-order valence-electron chi connectivity index (χ0n) is 16.5. The first-order chi connectivity index (χ1) is 12.9. The maximum Gasteiger partial charge on any atom is 0.261 e. The Labute approximate surface area is 161 Å². The molecule has 27 heavy (non-hydrogen) atoms. The van der Waals surface area contributed by atoms with Crippen LogP contribution < -0.4 is 10.1 Å². The molecule has 0 saturated heterocycles. The number of rotatable bonds is 6. The van der Waals surface area contributed by atoms with Gasteiger partial charge >= 0.3 is 0 Å². The quantitative estimate of drug-likeness (QED) is 0.642. The fraction of sp³-hybridized carbons (Fsp3) is 0.292. The Bertz CT molecular complexity index is 946. The highest BCUT2D eigenvalue weighted by molar-refractivity contribution is 5.83. The molecule has 1 atom stereocenters. The van der Waals surface area contributed by atoms with Gasteiger partial charge in [-0.25, -0.2) is 0 Å². The van der Waals surface area contributed by atoms with E-state index in [0.29, 0.717) is 12.5 Å². The third-order valence-electron chi connectivity index (χ3n) is 4.74. The highest BCUT2D eigenvalue weighted by atomic mass is 16.5. The van der Waals surface area contributed by atoms with Crippen LogP contribution in [0.15, 0.2) is 60.7 Å². The van der Waals surface area contributed by atoms with Gasteiger partial charge in [0.2, 0.25) is 0 Å². The van der Waals surface area contributed by atoms with Crippen LogP contribution in [0.2, 0.25) is 0 Å². The lowest BCUT2D eigenvalue weighted by molar-refractivity contribution is -0.127. The van der Waals surface area contributed by atoms with Crippen molar-refractivity contribution < 1.29 is 9.53 Å². The minimum absolute atomic E-state index is 0.112. The molecular formula is C24H27NO2. The normalized spacial score (nSPS) is 12.2. The zero-order valence-corrected chi connectivity index (χ0v) is 16.5. The number of hydrogen-bond donors (Lipinski definition) is 1. The Kier molecular flexibility index (Phi) is 5.80. The molecule has 0 fully saturated rings. The fourth-order valence-corrected chi connectivity index (χ4v) is 3.15. The molecule has 0 heterocycles. The Hall–Kier alpha value is -2.81. The molecule has 0 aliphatic rings. The summed E-state index contributed by atoms with van der Waals surface area (Å²) >= 11 is 0. The first-order valence-electron chi connectivity index (χ1n) is 9.46. The van der Waals surface area contributed by atoms with Gasteiger partial charge in [-0.2, -0.15) is 0 Å². The second kappa shape index (κ2) is 8.26. The van der Waals surface area contributed by atoms with Crippen molar-refractivity contribution in [2.75, 3.05) is 0 Å². The molecule has 0 aromatic heterocycles. The zero-order chi connectivity index (χ0) is 19.4. The van der Waals surface area contributed by atoms with E-state index in [1.54, 1.807) is 6.92 Å². The molecule has 3 aromatic carbocycles. The number of aryl methyl sites for hydroxylation is 1. The lowest BCUT2D eigenvalue weighted by Gasteiger charge is -2.19. The fourth-order valence-electron chi connectivity index (χ4n) is 3.15. The van der Waals surface area contributed by atoms with Crippen molar-refractivity contribution in [1.29, 1.82) is 0 Å². The molecule has 0 saturated carbocycles. The standard InChI is InChI=1S/C24H27NO2/c1-16(2)22-12-9-17(3)13-23(22)27-18(4)24(26)25-15-19-10-11-20-7-5-6-8-21(20)14-19/h5-14,16,18H,15H2,1-4H3,(H,25,26). The van der Waals surface area contributed by atoms with Crippen LogP contribution in [0, 0.1) is 6.92 Å². The molecule has 1 amide bonds. The lowest BCUT2D eigenvalue weighted by Crippen LogP contribution is -2.36. The van der Waals surface area contributed by atoms with Gasteiger partial charge in [0.25, 0.3) is 5.91 Å². The summed E-state index contributed by atoms with van der Waals surface area (Å²) in [6, 6.07) is 20.6. The molecule has 0 spiro atoms. The van der Waals surface area contributed by atoms with Crippen molar-refractivity contribution in [3.8, 4) is 5.75 Å². The predicted octanol–water partition coefficient (Wildman–Crippen LogP) is 5.36. The van der Waals surface area contributed by atoms with Crippen LogP contribution in [0.1, 0.15) is 43.4 Å². The number of hydrogen-bond acceptors (Lipinski definition) is 2. The average molecular weight is 361 g/mol. The van der Waals surface area contributed by atoms with Crippen molar-refractivity contribution in [1.82, 2.24) is 5.32 Å². The maximum absolute atomic E-state index is 12.5. The molecule has 0 aliphatic heterocycles. The van der Waals surface area contributed by atoms with E-state index < -0.39 is 6.10 Å². The predicted molar refractivity (Wildman–Crippen MR) is 111 cm³/mol. The van der Waals surface area contributed by atoms with Gasteiger partial charge in [0.1, 0.15) is 5.75 Å². The number of ether oxygens (including phenoxy) is 1. The number of benzene rings is 3. The van der Waals surface area contributed by atoms with Crippen LogP contribution in [0.4, 0.5) is 0 Å². The van der Waals surface area contributed by atoms with E-state index in [9.17, 15) is 4.79 Å². The van der Waals surface area contributed by atoms with Crippen molar-refractivity contribution in [2.45, 2.75) is 46.3 Å². The van der Waals surface area contributed by atoms with Gasteiger partial charge in [0.15, 0.2) is 6.10 Å². The Morgan fingerprint density at radius 2 is 1.70 bits per heavy atom. The van der Waals surface area contributed by atoms with Crippen LogP contribution in [-0.4, -0.2) is 12.0 Å². The molecule has 3 aromatic rings. The van der Waals surface area contributed by atoms with Crippen LogP contribution in [0.5, 0.6) is 5.75 Å². The van der Waals surface area contributed by atoms with E-state index in [1.165, 1.54) is 10.8 Å². The van der Waals surface area contributed by atoms with Gasteiger partial charge in [-0.15, -0.1) is 0 Å². The Morgan fingerprint density at radius 3 is 2.44 bits per heavy atom. The maximum atomic E-state index is 12.5. The van der Waals surface area contributed by atoms with Crippen LogP contribution in [0.25, 0.3) is 10.8 Å². The third-order valence-corrected chi connectivity index (χ3v) is 4.74. The molecule has 1 N–H and O–H groups in total. The molecule has 0 aliphatic carbocycles. The summed E-state index contributed by atoms with van der Waals surface area (Å²) in [4.78, 5) is 12.5. The molecule has 3 heteroatoms. The topological polar surface area (TPSA) is 38.3 Å². The van der Waals surface area contributed by atoms with Crippen molar-refractivity contribution in [3.63, 3.8) is 0 Å². The average Bonchev–Trinajstić information content (AvgIpc) is 2.65. The number of carbonyl (C=O) groups is 1. The van der Waals surface area contributed by atoms with Crippen LogP contribution >= 0.6 is 0 Å². The number of fused-ring (bicyclic) bond motifs is 1. The first kappa shape index (κ1) is 19.0. The highest BCUT2D eigenvalue weighted by Crippen LogP contribution is 2.28. The summed E-state index contributed by atoms with van der Waals surface area (Å²) < 4.78 is 6.00. The SMILES string of the molecule is Cc1ccc(C(C)C)c(OC(C)C(=O)NCc2ccc3ccccc3c2)c1. The Morgan fingerprint density at radius 1 is 0.963 bits per heavy atom. The number of amides is 1. The van der Waals surface area contributed by atoms with Gasteiger partial charge in [0.05, 0.1) is 0 Å². The summed E-state index contributed by atoms with van der Waals surface area (Å²) in [5, 5.41) is 5.36. The molecular weight excluding hydrogens is 334 g/mol. The molecule has 3 rings (SSSR count). The Balaban J connectivity index is 1.64. The molecule has 140 valence electrons. The van der Waals surface area contributed by atoms with E-state index in [4.69, 9.17) is 4.74 Å². The summed E-state index contributed by atoms with van der Waals surface area (Å²) in [7, 11) is 0. The minimum atomic E-state index is -0.551. The first-order valence-corrected chi connectivity index (χ1v) is 9.46. The molecule has 0 bridgehead atoms. The molecule has 1 unspecified atom stereocenters. The number of carbonyl (C=O) groups excluding carboxylic acids is 1. The van der Waals surface area contributed by atoms with E-state index >= 15 is 0 Å². The van der Waals surface area contributed by atoms with Crippen molar-refractivity contribution in [2.24, 2.45) is 0 Å². The van der Waals surface area contributed by atoms with Gasteiger partial charge in [-0.3, -0.25) is 4.79 Å². The van der Waals surface area contributed by atoms with E-state index in [1.807, 2.05) is 31.2 Å². The van der Waals surface area contributed by atoms with Crippen molar-refractivity contribution in [3.05, 3.63) is 77.4 Å². The van der Waals surface area contributed by atoms with Crippen LogP contribution in [-0.2, 0) is 11.3 Å². The molecule has 3 nitrogen and oxygen atoms in total. The van der Waals surface area contributed by atoms with Gasteiger partial charge in [-0.05, 0) is 59.4 Å². The minimum Gasteiger partial charge on any atom is -0.481 e. The number of nitrogens with one attached hydrogen (secondary N) is 1. The third kappa shape index (κ3) is 4.68. The lowest BCUT2D eigenvalue weighted by atomic mass is 10.0. The van der Waals surface area contributed by atoms with E-state index in [0.717, 1.165) is 22.4 Å². The summed E-state index contributed by atoms with van der Waals surface area (Å²) in [6.45, 7) is 8.57. The van der Waals surface area contributed by atoms with Gasteiger partial charge in [0, 0.05) is 6.54 Å². The summed E-state index contributed by atoms with van der Waals surface area (Å²) in [5.74, 6) is 1.02. The summed E-state index contributed by atoms with van der Waals surface area (Å²) in [5.41, 5.74) is 3.32. The van der Waals surface area contributed by atoms with Gasteiger partial charge < -0.3 is 10.1 Å². The highest BCUT2D eigenvalue weighted by Gasteiger charge is 2.17.